The average Bonchev–Trinajstić information content (AvgIpc) is 3.09. The molecule has 1 atom stereocenters. The molecule has 0 spiro atoms. The summed E-state index contributed by atoms with van der Waals surface area (Å²) in [5.74, 6) is 1.11. The summed E-state index contributed by atoms with van der Waals surface area (Å²) in [6.45, 7) is 9.99. The molecule has 2 heterocycles. The molecular weight excluding hydrogens is 288 g/mol. The molecule has 3 rings (SSSR count). The van der Waals surface area contributed by atoms with Gasteiger partial charge in [-0.2, -0.15) is 0 Å². The Hall–Kier alpha value is -0.650. The first-order valence-electron chi connectivity index (χ1n) is 9.70. The zero-order chi connectivity index (χ0) is 16.1. The molecule has 0 aromatic rings. The Bertz CT molecular complexity index is 369. The van der Waals surface area contributed by atoms with Gasteiger partial charge in [0, 0.05) is 38.8 Å². The number of hydrogen-bond donors (Lipinski definition) is 2. The molecule has 2 aliphatic heterocycles. The third kappa shape index (κ3) is 4.91. The van der Waals surface area contributed by atoms with Crippen molar-refractivity contribution < 1.29 is 4.79 Å². The van der Waals surface area contributed by atoms with Gasteiger partial charge in [0.15, 0.2) is 0 Å². The molecule has 5 nitrogen and oxygen atoms in total. The number of amides is 1. The van der Waals surface area contributed by atoms with Crippen LogP contribution in [0.25, 0.3) is 0 Å². The zero-order valence-electron chi connectivity index (χ0n) is 14.7. The molecule has 3 fully saturated rings. The highest BCUT2D eigenvalue weighted by atomic mass is 16.2. The van der Waals surface area contributed by atoms with Crippen molar-refractivity contribution in [3.63, 3.8) is 0 Å². The Balaban J connectivity index is 1.38. The number of piperazine rings is 1. The average molecular weight is 322 g/mol. The van der Waals surface area contributed by atoms with Crippen LogP contribution in [0.3, 0.4) is 0 Å². The summed E-state index contributed by atoms with van der Waals surface area (Å²) in [5.41, 5.74) is 0. The normalized spacial score (nSPS) is 27.2. The van der Waals surface area contributed by atoms with Crippen LogP contribution in [0.5, 0.6) is 0 Å². The quantitative estimate of drug-likeness (QED) is 0.794. The molecule has 2 saturated heterocycles. The smallest absolute Gasteiger partial charge is 0.237 e. The monoisotopic (exact) mass is 322 g/mol. The topological polar surface area (TPSA) is 47.6 Å². The lowest BCUT2D eigenvalue weighted by Crippen LogP contribution is -2.55. The number of carbonyl (C=O) groups excluding carboxylic acids is 1. The molecule has 0 unspecified atom stereocenters. The van der Waals surface area contributed by atoms with Crippen LogP contribution in [0.1, 0.15) is 45.4 Å². The van der Waals surface area contributed by atoms with E-state index in [4.69, 9.17) is 0 Å². The lowest BCUT2D eigenvalue weighted by molar-refractivity contribution is -0.127. The molecular formula is C18H34N4O. The predicted molar refractivity (Wildman–Crippen MR) is 93.5 cm³/mol. The number of rotatable bonds is 5. The molecule has 1 aliphatic carbocycles. The Labute approximate surface area is 141 Å². The molecule has 0 radical (unpaired) electrons. The predicted octanol–water partition coefficient (Wildman–Crippen LogP) is 1.05. The van der Waals surface area contributed by atoms with Crippen molar-refractivity contribution in [3.8, 4) is 0 Å². The van der Waals surface area contributed by atoms with Gasteiger partial charge in [0.05, 0.1) is 6.04 Å². The van der Waals surface area contributed by atoms with Gasteiger partial charge in [-0.05, 0) is 51.6 Å². The summed E-state index contributed by atoms with van der Waals surface area (Å²) >= 11 is 0. The van der Waals surface area contributed by atoms with E-state index in [0.717, 1.165) is 32.1 Å². The van der Waals surface area contributed by atoms with Crippen LogP contribution in [0.15, 0.2) is 0 Å². The molecule has 1 amide bonds. The highest BCUT2D eigenvalue weighted by Crippen LogP contribution is 2.19. The first-order chi connectivity index (χ1) is 11.2. The van der Waals surface area contributed by atoms with E-state index < -0.39 is 0 Å². The molecule has 5 heteroatoms. The van der Waals surface area contributed by atoms with Crippen molar-refractivity contribution >= 4 is 5.91 Å². The Morgan fingerprint density at radius 2 is 1.74 bits per heavy atom. The van der Waals surface area contributed by atoms with Gasteiger partial charge in [0.2, 0.25) is 5.91 Å². The fourth-order valence-electron chi connectivity index (χ4n) is 4.32. The molecule has 3 aliphatic rings. The van der Waals surface area contributed by atoms with Crippen LogP contribution in [0, 0.1) is 5.92 Å². The second-order valence-electron chi connectivity index (χ2n) is 7.70. The third-order valence-electron chi connectivity index (χ3n) is 6.01. The molecule has 0 aromatic carbocycles. The second kappa shape index (κ2) is 8.45. The van der Waals surface area contributed by atoms with Crippen LogP contribution in [-0.4, -0.2) is 73.6 Å². The maximum Gasteiger partial charge on any atom is 0.237 e. The first kappa shape index (κ1) is 17.2. The van der Waals surface area contributed by atoms with Gasteiger partial charge in [-0.3, -0.25) is 9.69 Å². The lowest BCUT2D eigenvalue weighted by atomic mass is 9.97. The van der Waals surface area contributed by atoms with E-state index in [1.165, 1.54) is 58.2 Å². The minimum absolute atomic E-state index is 0.0247. The summed E-state index contributed by atoms with van der Waals surface area (Å²) < 4.78 is 0. The fraction of sp³-hybridized carbons (Fsp3) is 0.944. The molecule has 132 valence electrons. The number of nitrogens with one attached hydrogen (secondary N) is 2. The second-order valence-corrected chi connectivity index (χ2v) is 7.70. The van der Waals surface area contributed by atoms with Crippen molar-refractivity contribution in [1.29, 1.82) is 0 Å². The van der Waals surface area contributed by atoms with Crippen LogP contribution in [-0.2, 0) is 4.79 Å². The standard InChI is InChI=1S/C18H34N4O/c1-15(18(23)20-17-4-2-3-5-17)22-12-10-21(11-13-22)14-16-6-8-19-9-7-16/h15-17,19H,2-14H2,1H3,(H,20,23)/t15-/m0/s1. The maximum atomic E-state index is 12.4. The molecule has 2 N–H and O–H groups in total. The first-order valence-corrected chi connectivity index (χ1v) is 9.70. The maximum absolute atomic E-state index is 12.4. The van der Waals surface area contributed by atoms with E-state index in [-0.39, 0.29) is 11.9 Å². The van der Waals surface area contributed by atoms with Gasteiger partial charge in [0.1, 0.15) is 0 Å². The highest BCUT2D eigenvalue weighted by Gasteiger charge is 2.28. The minimum atomic E-state index is 0.0247. The van der Waals surface area contributed by atoms with Crippen LogP contribution >= 0.6 is 0 Å². The Kier molecular flexibility index (Phi) is 6.31. The number of nitrogens with zero attached hydrogens (tertiary/aromatic N) is 2. The van der Waals surface area contributed by atoms with Crippen LogP contribution < -0.4 is 10.6 Å². The lowest BCUT2D eigenvalue weighted by Gasteiger charge is -2.39. The number of hydrogen-bond acceptors (Lipinski definition) is 4. The van der Waals surface area contributed by atoms with E-state index in [9.17, 15) is 4.79 Å². The van der Waals surface area contributed by atoms with Gasteiger partial charge >= 0.3 is 0 Å². The van der Waals surface area contributed by atoms with Crippen LogP contribution in [0.2, 0.25) is 0 Å². The van der Waals surface area contributed by atoms with Gasteiger partial charge in [-0.25, -0.2) is 0 Å². The SMILES string of the molecule is C[C@@H](C(=O)NC1CCCC1)N1CCN(CC2CCNCC2)CC1. The molecule has 23 heavy (non-hydrogen) atoms. The van der Waals surface area contributed by atoms with Gasteiger partial charge in [-0.15, -0.1) is 0 Å². The minimum Gasteiger partial charge on any atom is -0.352 e. The van der Waals surface area contributed by atoms with Crippen molar-refractivity contribution in [3.05, 3.63) is 0 Å². The van der Waals surface area contributed by atoms with E-state index in [2.05, 4.69) is 27.4 Å². The molecule has 0 bridgehead atoms. The largest absolute Gasteiger partial charge is 0.352 e. The fourth-order valence-corrected chi connectivity index (χ4v) is 4.32. The Morgan fingerprint density at radius 3 is 2.39 bits per heavy atom. The van der Waals surface area contributed by atoms with E-state index in [1.54, 1.807) is 0 Å². The van der Waals surface area contributed by atoms with E-state index in [0.29, 0.717) is 6.04 Å². The zero-order valence-corrected chi connectivity index (χ0v) is 14.7. The highest BCUT2D eigenvalue weighted by molar-refractivity contribution is 5.81. The molecule has 0 aromatic heterocycles. The van der Waals surface area contributed by atoms with Gasteiger partial charge in [-0.1, -0.05) is 12.8 Å². The molecule has 1 saturated carbocycles. The number of carbonyl (C=O) groups is 1. The third-order valence-corrected chi connectivity index (χ3v) is 6.01. The van der Waals surface area contributed by atoms with Crippen LogP contribution in [0.4, 0.5) is 0 Å². The van der Waals surface area contributed by atoms with E-state index in [1.807, 2.05) is 0 Å². The number of piperidine rings is 1. The Morgan fingerprint density at radius 1 is 1.09 bits per heavy atom. The summed E-state index contributed by atoms with van der Waals surface area (Å²) in [5, 5.41) is 6.70. The summed E-state index contributed by atoms with van der Waals surface area (Å²) in [7, 11) is 0. The van der Waals surface area contributed by atoms with Crippen molar-refractivity contribution in [2.24, 2.45) is 5.92 Å². The van der Waals surface area contributed by atoms with Crippen molar-refractivity contribution in [2.45, 2.75) is 57.5 Å². The van der Waals surface area contributed by atoms with Gasteiger partial charge < -0.3 is 15.5 Å². The van der Waals surface area contributed by atoms with Crippen molar-refractivity contribution in [1.82, 2.24) is 20.4 Å². The van der Waals surface area contributed by atoms with Gasteiger partial charge in [0.25, 0.3) is 0 Å². The summed E-state index contributed by atoms with van der Waals surface area (Å²) in [4.78, 5) is 17.4. The summed E-state index contributed by atoms with van der Waals surface area (Å²) in [6.07, 6.45) is 7.52. The van der Waals surface area contributed by atoms with Crippen molar-refractivity contribution in [2.75, 3.05) is 45.8 Å². The summed E-state index contributed by atoms with van der Waals surface area (Å²) in [6, 6.07) is 0.461. The van der Waals surface area contributed by atoms with E-state index >= 15 is 0 Å².